The lowest BCUT2D eigenvalue weighted by Gasteiger charge is -2.21. The molecule has 0 aromatic rings. The summed E-state index contributed by atoms with van der Waals surface area (Å²) in [6.07, 6.45) is -11.3. The Kier molecular flexibility index (Phi) is 5.28. The van der Waals surface area contributed by atoms with Crippen molar-refractivity contribution in [3.05, 3.63) is 0 Å². The van der Waals surface area contributed by atoms with Gasteiger partial charge >= 0.3 is 24.2 Å². The molecular formula is C10H13F5O4. The van der Waals surface area contributed by atoms with Gasteiger partial charge in [-0.15, -0.1) is 0 Å². The van der Waals surface area contributed by atoms with Gasteiger partial charge in [0.05, 0.1) is 5.41 Å². The van der Waals surface area contributed by atoms with E-state index in [0.29, 0.717) is 6.42 Å². The van der Waals surface area contributed by atoms with Crippen LogP contribution in [-0.2, 0) is 19.1 Å². The summed E-state index contributed by atoms with van der Waals surface area (Å²) in [5.74, 6) is -2.88. The number of hydrogen-bond acceptors (Lipinski definition) is 4. The molecule has 0 radical (unpaired) electrons. The molecule has 19 heavy (non-hydrogen) atoms. The number of carbonyl (C=O) groups excluding carboxylic acids is 2. The van der Waals surface area contributed by atoms with Crippen LogP contribution in [0.5, 0.6) is 0 Å². The molecule has 0 amide bonds. The topological polar surface area (TPSA) is 52.6 Å². The van der Waals surface area contributed by atoms with Crippen LogP contribution in [0.25, 0.3) is 0 Å². The third-order valence-electron chi connectivity index (χ3n) is 2.33. The van der Waals surface area contributed by atoms with E-state index in [2.05, 4.69) is 9.47 Å². The lowest BCUT2D eigenvalue weighted by Crippen LogP contribution is -2.42. The monoisotopic (exact) mass is 292 g/mol. The lowest BCUT2D eigenvalue weighted by atomic mass is 9.91. The molecule has 0 bridgehead atoms. The zero-order valence-corrected chi connectivity index (χ0v) is 10.4. The van der Waals surface area contributed by atoms with E-state index in [9.17, 15) is 31.5 Å². The highest BCUT2D eigenvalue weighted by Crippen LogP contribution is 2.36. The molecule has 0 saturated heterocycles. The Morgan fingerprint density at radius 3 is 1.89 bits per heavy atom. The fourth-order valence-corrected chi connectivity index (χ4v) is 0.694. The van der Waals surface area contributed by atoms with Crippen molar-refractivity contribution in [2.24, 2.45) is 5.41 Å². The zero-order valence-electron chi connectivity index (χ0n) is 10.4. The molecule has 112 valence electrons. The summed E-state index contributed by atoms with van der Waals surface area (Å²) in [5.41, 5.74) is -0.979. The van der Waals surface area contributed by atoms with Gasteiger partial charge in [0.25, 0.3) is 0 Å². The van der Waals surface area contributed by atoms with Crippen molar-refractivity contribution >= 4 is 11.9 Å². The average molecular weight is 292 g/mol. The number of rotatable bonds is 5. The molecule has 0 aliphatic carbocycles. The van der Waals surface area contributed by atoms with Gasteiger partial charge in [-0.3, -0.25) is 4.79 Å². The van der Waals surface area contributed by atoms with E-state index in [0.717, 1.165) is 0 Å². The first-order chi connectivity index (χ1) is 8.33. The molecule has 0 aliphatic rings. The molecule has 0 aromatic heterocycles. The summed E-state index contributed by atoms with van der Waals surface area (Å²) in [4.78, 5) is 22.1. The van der Waals surface area contributed by atoms with Crippen LogP contribution in [0.15, 0.2) is 0 Å². The molecule has 0 rings (SSSR count). The van der Waals surface area contributed by atoms with Crippen molar-refractivity contribution in [1.82, 2.24) is 0 Å². The Balaban J connectivity index is 4.40. The van der Waals surface area contributed by atoms with E-state index in [1.807, 2.05) is 0 Å². The minimum atomic E-state index is -6.02. The van der Waals surface area contributed by atoms with Gasteiger partial charge < -0.3 is 9.47 Å². The normalized spacial score (nSPS) is 13.1. The van der Waals surface area contributed by atoms with Crippen LogP contribution in [-0.4, -0.2) is 30.8 Å². The first kappa shape index (κ1) is 17.6. The number of hydrogen-bond donors (Lipinski definition) is 0. The molecular weight excluding hydrogens is 279 g/mol. The predicted molar refractivity (Wildman–Crippen MR) is 52.1 cm³/mol. The molecule has 0 atom stereocenters. The van der Waals surface area contributed by atoms with Gasteiger partial charge in [-0.2, -0.15) is 22.0 Å². The molecule has 0 N–H and O–H groups in total. The van der Waals surface area contributed by atoms with Gasteiger partial charge in [-0.05, 0) is 20.3 Å². The Hall–Kier alpha value is -1.41. The van der Waals surface area contributed by atoms with Crippen LogP contribution in [0, 0.1) is 5.41 Å². The SMILES string of the molecule is CCC(C)(C)C(=O)OCC(=O)OC(F)(F)C(F)(F)F. The average Bonchev–Trinajstić information content (AvgIpc) is 2.23. The molecule has 0 spiro atoms. The lowest BCUT2D eigenvalue weighted by molar-refractivity contribution is -0.376. The summed E-state index contributed by atoms with van der Waals surface area (Å²) < 4.78 is 66.9. The maximum Gasteiger partial charge on any atom is 0.501 e. The molecule has 0 unspecified atom stereocenters. The van der Waals surface area contributed by atoms with Gasteiger partial charge in [-0.25, -0.2) is 4.79 Å². The van der Waals surface area contributed by atoms with E-state index in [1.165, 1.54) is 13.8 Å². The van der Waals surface area contributed by atoms with Crippen molar-refractivity contribution in [3.63, 3.8) is 0 Å². The largest absolute Gasteiger partial charge is 0.501 e. The Bertz CT molecular complexity index is 348. The van der Waals surface area contributed by atoms with Crippen LogP contribution < -0.4 is 0 Å². The van der Waals surface area contributed by atoms with Crippen molar-refractivity contribution in [3.8, 4) is 0 Å². The van der Waals surface area contributed by atoms with Gasteiger partial charge in [0, 0.05) is 0 Å². The first-order valence-electron chi connectivity index (χ1n) is 5.17. The zero-order chi connectivity index (χ0) is 15.5. The second-order valence-corrected chi connectivity index (χ2v) is 4.30. The number of alkyl halides is 5. The van der Waals surface area contributed by atoms with E-state index in [4.69, 9.17) is 0 Å². The molecule has 4 nitrogen and oxygen atoms in total. The summed E-state index contributed by atoms with van der Waals surface area (Å²) in [5, 5.41) is 0. The standard InChI is InChI=1S/C10H13F5O4/c1-4-8(2,3)7(17)18-5-6(16)19-10(14,15)9(11,12)13/h4-5H2,1-3H3. The third kappa shape index (κ3) is 4.99. The maximum absolute atomic E-state index is 12.3. The van der Waals surface area contributed by atoms with Gasteiger partial charge in [0.2, 0.25) is 0 Å². The van der Waals surface area contributed by atoms with Crippen LogP contribution >= 0.6 is 0 Å². The summed E-state index contributed by atoms with van der Waals surface area (Å²) in [6.45, 7) is 3.25. The number of esters is 2. The number of halogens is 5. The Morgan fingerprint density at radius 2 is 1.53 bits per heavy atom. The van der Waals surface area contributed by atoms with Crippen molar-refractivity contribution in [2.75, 3.05) is 6.61 Å². The smallest absolute Gasteiger partial charge is 0.453 e. The first-order valence-corrected chi connectivity index (χ1v) is 5.17. The molecule has 0 aliphatic heterocycles. The fourth-order valence-electron chi connectivity index (χ4n) is 0.694. The van der Waals surface area contributed by atoms with E-state index in [1.54, 1.807) is 6.92 Å². The summed E-state index contributed by atoms with van der Waals surface area (Å²) >= 11 is 0. The second-order valence-electron chi connectivity index (χ2n) is 4.30. The molecule has 0 aromatic carbocycles. The second kappa shape index (κ2) is 5.70. The molecule has 9 heteroatoms. The van der Waals surface area contributed by atoms with Crippen molar-refractivity contribution in [1.29, 1.82) is 0 Å². The van der Waals surface area contributed by atoms with E-state index < -0.39 is 36.2 Å². The number of ether oxygens (including phenoxy) is 2. The van der Waals surface area contributed by atoms with Crippen molar-refractivity contribution in [2.45, 2.75) is 39.5 Å². The summed E-state index contributed by atoms with van der Waals surface area (Å²) in [7, 11) is 0. The van der Waals surface area contributed by atoms with Gasteiger partial charge in [-0.1, -0.05) is 6.92 Å². The van der Waals surface area contributed by atoms with Gasteiger partial charge in [0.1, 0.15) is 0 Å². The third-order valence-corrected chi connectivity index (χ3v) is 2.33. The van der Waals surface area contributed by atoms with Crippen LogP contribution in [0.4, 0.5) is 22.0 Å². The molecule has 0 fully saturated rings. The Labute approximate surface area is 105 Å². The van der Waals surface area contributed by atoms with Crippen LogP contribution in [0.3, 0.4) is 0 Å². The maximum atomic E-state index is 12.3. The predicted octanol–water partition coefficient (Wildman–Crippen LogP) is 2.66. The highest BCUT2D eigenvalue weighted by Gasteiger charge is 2.62. The van der Waals surface area contributed by atoms with E-state index in [-0.39, 0.29) is 0 Å². The van der Waals surface area contributed by atoms with E-state index >= 15 is 0 Å². The van der Waals surface area contributed by atoms with Crippen LogP contribution in [0.1, 0.15) is 27.2 Å². The quantitative estimate of drug-likeness (QED) is 0.577. The highest BCUT2D eigenvalue weighted by molar-refractivity contribution is 5.79. The number of carbonyl (C=O) groups is 2. The fraction of sp³-hybridized carbons (Fsp3) is 0.800. The molecule has 0 heterocycles. The molecule has 0 saturated carbocycles. The Morgan fingerprint density at radius 1 is 1.05 bits per heavy atom. The van der Waals surface area contributed by atoms with Crippen LogP contribution in [0.2, 0.25) is 0 Å². The highest BCUT2D eigenvalue weighted by atomic mass is 19.4. The van der Waals surface area contributed by atoms with Gasteiger partial charge in [0.15, 0.2) is 6.61 Å². The minimum absolute atomic E-state index is 0.333. The summed E-state index contributed by atoms with van der Waals surface area (Å²) in [6, 6.07) is 0. The van der Waals surface area contributed by atoms with Crippen molar-refractivity contribution < 1.29 is 41.0 Å². The minimum Gasteiger partial charge on any atom is -0.453 e.